The van der Waals surface area contributed by atoms with Crippen LogP contribution in [0.25, 0.3) is 0 Å². The molecule has 0 aromatic heterocycles. The van der Waals surface area contributed by atoms with Crippen molar-refractivity contribution in [3.05, 3.63) is 35.6 Å². The smallest absolute Gasteiger partial charge is 0.128 e. The van der Waals surface area contributed by atoms with Gasteiger partial charge in [-0.1, -0.05) is 18.2 Å². The fourth-order valence-electron chi connectivity index (χ4n) is 2.89. The van der Waals surface area contributed by atoms with Crippen LogP contribution in [0.4, 0.5) is 4.39 Å². The van der Waals surface area contributed by atoms with Crippen molar-refractivity contribution in [2.24, 2.45) is 0 Å². The minimum Gasteiger partial charge on any atom is -0.389 e. The molecule has 0 aliphatic carbocycles. The highest BCUT2D eigenvalue weighted by molar-refractivity contribution is 5.16. The van der Waals surface area contributed by atoms with Crippen molar-refractivity contribution in [2.75, 3.05) is 40.3 Å². The van der Waals surface area contributed by atoms with E-state index >= 15 is 0 Å². The Morgan fingerprint density at radius 2 is 2.05 bits per heavy atom. The Hall–Kier alpha value is -1.01. The molecule has 1 aliphatic heterocycles. The minimum atomic E-state index is -0.545. The highest BCUT2D eigenvalue weighted by atomic mass is 19.1. The molecule has 1 heterocycles. The van der Waals surface area contributed by atoms with Crippen LogP contribution in [-0.4, -0.2) is 67.4 Å². The maximum absolute atomic E-state index is 13.4. The Bertz CT molecular complexity index is 450. The van der Waals surface area contributed by atoms with Gasteiger partial charge in [0, 0.05) is 18.2 Å². The molecule has 124 valence electrons. The van der Waals surface area contributed by atoms with Gasteiger partial charge in [0.25, 0.3) is 0 Å². The lowest BCUT2D eigenvalue weighted by Gasteiger charge is -2.35. The number of piperidine rings is 1. The number of benzene rings is 1. The Kier molecular flexibility index (Phi) is 6.76. The summed E-state index contributed by atoms with van der Waals surface area (Å²) < 4.78 is 18.9. The molecule has 4 nitrogen and oxygen atoms in total. The standard InChI is InChI=1S/C17H27FN2O2/c1-19-9-7-15(8-10-19)20(2)11-16(21)13-22-12-14-5-3-4-6-17(14)18/h3-6,15-16,21H,7-13H2,1-2H3/t16-/m1/s1. The van der Waals surface area contributed by atoms with Gasteiger partial charge < -0.3 is 19.6 Å². The van der Waals surface area contributed by atoms with Crippen LogP contribution in [-0.2, 0) is 11.3 Å². The van der Waals surface area contributed by atoms with Gasteiger partial charge in [-0.05, 0) is 46.1 Å². The molecule has 0 saturated carbocycles. The number of nitrogens with zero attached hydrogens (tertiary/aromatic N) is 2. The minimum absolute atomic E-state index is 0.196. The first-order chi connectivity index (χ1) is 10.6. The summed E-state index contributed by atoms with van der Waals surface area (Å²) in [7, 11) is 4.19. The third-order valence-electron chi connectivity index (χ3n) is 4.34. The van der Waals surface area contributed by atoms with Crippen molar-refractivity contribution in [3.63, 3.8) is 0 Å². The van der Waals surface area contributed by atoms with Crippen LogP contribution in [0.1, 0.15) is 18.4 Å². The van der Waals surface area contributed by atoms with E-state index in [9.17, 15) is 9.50 Å². The van der Waals surface area contributed by atoms with Crippen LogP contribution in [0, 0.1) is 5.82 Å². The van der Waals surface area contributed by atoms with Gasteiger partial charge in [0.05, 0.1) is 19.3 Å². The summed E-state index contributed by atoms with van der Waals surface area (Å²) in [5.74, 6) is -0.263. The number of hydrogen-bond acceptors (Lipinski definition) is 4. The van der Waals surface area contributed by atoms with E-state index in [4.69, 9.17) is 4.74 Å². The van der Waals surface area contributed by atoms with Gasteiger partial charge in [0.1, 0.15) is 5.82 Å². The molecule has 2 rings (SSSR count). The molecule has 0 bridgehead atoms. The van der Waals surface area contributed by atoms with Crippen molar-refractivity contribution >= 4 is 0 Å². The van der Waals surface area contributed by atoms with E-state index in [0.717, 1.165) is 25.9 Å². The van der Waals surface area contributed by atoms with E-state index in [2.05, 4.69) is 23.9 Å². The van der Waals surface area contributed by atoms with Gasteiger partial charge in [-0.15, -0.1) is 0 Å². The first kappa shape index (κ1) is 17.3. The molecule has 1 aliphatic rings. The predicted octanol–water partition coefficient (Wildman–Crippen LogP) is 1.73. The van der Waals surface area contributed by atoms with E-state index in [0.29, 0.717) is 18.2 Å². The molecule has 0 spiro atoms. The summed E-state index contributed by atoms with van der Waals surface area (Å²) in [4.78, 5) is 4.54. The van der Waals surface area contributed by atoms with E-state index in [-0.39, 0.29) is 19.0 Å². The van der Waals surface area contributed by atoms with Gasteiger partial charge in [0.2, 0.25) is 0 Å². The number of likely N-dealkylation sites (tertiary alicyclic amines) is 1. The van der Waals surface area contributed by atoms with Crippen molar-refractivity contribution < 1.29 is 14.2 Å². The lowest BCUT2D eigenvalue weighted by molar-refractivity contribution is 0.00216. The zero-order chi connectivity index (χ0) is 15.9. The number of aliphatic hydroxyl groups is 1. The van der Waals surface area contributed by atoms with Crippen molar-refractivity contribution in [1.82, 2.24) is 9.80 Å². The largest absolute Gasteiger partial charge is 0.389 e. The van der Waals surface area contributed by atoms with E-state index < -0.39 is 6.10 Å². The van der Waals surface area contributed by atoms with Crippen LogP contribution >= 0.6 is 0 Å². The van der Waals surface area contributed by atoms with E-state index in [1.54, 1.807) is 18.2 Å². The van der Waals surface area contributed by atoms with Gasteiger partial charge in [0.15, 0.2) is 0 Å². The SMILES string of the molecule is CN1CCC(N(C)C[C@@H](O)COCc2ccccc2F)CC1. The molecule has 0 radical (unpaired) electrons. The summed E-state index contributed by atoms with van der Waals surface area (Å²) in [6, 6.07) is 7.09. The van der Waals surface area contributed by atoms with E-state index in [1.807, 2.05) is 0 Å². The van der Waals surface area contributed by atoms with Crippen LogP contribution in [0.5, 0.6) is 0 Å². The molecule has 1 saturated heterocycles. The quantitative estimate of drug-likeness (QED) is 0.832. The zero-order valence-electron chi connectivity index (χ0n) is 13.5. The van der Waals surface area contributed by atoms with Gasteiger partial charge in [-0.25, -0.2) is 4.39 Å². The van der Waals surface area contributed by atoms with Crippen LogP contribution in [0.15, 0.2) is 24.3 Å². The summed E-state index contributed by atoms with van der Waals surface area (Å²) in [6.07, 6.45) is 1.72. The molecule has 1 N–H and O–H groups in total. The third kappa shape index (κ3) is 5.32. The third-order valence-corrected chi connectivity index (χ3v) is 4.34. The average molecular weight is 310 g/mol. The molecule has 1 aromatic rings. The molecule has 5 heteroatoms. The molecule has 0 unspecified atom stereocenters. The second-order valence-electron chi connectivity index (χ2n) is 6.23. The summed E-state index contributed by atoms with van der Waals surface area (Å²) in [5.41, 5.74) is 0.526. The molecular formula is C17H27FN2O2. The number of rotatable bonds is 7. The second-order valence-corrected chi connectivity index (χ2v) is 6.23. The highest BCUT2D eigenvalue weighted by Crippen LogP contribution is 2.14. The molecule has 1 atom stereocenters. The first-order valence-corrected chi connectivity index (χ1v) is 7.94. The molecule has 1 fully saturated rings. The van der Waals surface area contributed by atoms with Crippen LogP contribution < -0.4 is 0 Å². The number of ether oxygens (including phenoxy) is 1. The van der Waals surface area contributed by atoms with Crippen molar-refractivity contribution in [1.29, 1.82) is 0 Å². The van der Waals surface area contributed by atoms with Crippen LogP contribution in [0.2, 0.25) is 0 Å². The predicted molar refractivity (Wildman–Crippen MR) is 85.2 cm³/mol. The maximum Gasteiger partial charge on any atom is 0.128 e. The van der Waals surface area contributed by atoms with Gasteiger partial charge in [-0.2, -0.15) is 0 Å². The summed E-state index contributed by atoms with van der Waals surface area (Å²) in [6.45, 7) is 3.22. The summed E-state index contributed by atoms with van der Waals surface area (Å²) in [5, 5.41) is 10.1. The zero-order valence-corrected chi connectivity index (χ0v) is 13.5. The Morgan fingerprint density at radius 3 is 2.73 bits per heavy atom. The van der Waals surface area contributed by atoms with E-state index in [1.165, 1.54) is 6.07 Å². The Labute approximate surface area is 132 Å². The number of aliphatic hydroxyl groups excluding tert-OH is 1. The number of likely N-dealkylation sites (N-methyl/N-ethyl adjacent to an activating group) is 1. The number of hydrogen-bond donors (Lipinski definition) is 1. The first-order valence-electron chi connectivity index (χ1n) is 7.94. The molecular weight excluding hydrogens is 283 g/mol. The van der Waals surface area contributed by atoms with Gasteiger partial charge in [-0.3, -0.25) is 0 Å². The summed E-state index contributed by atoms with van der Waals surface area (Å²) >= 11 is 0. The lowest BCUT2D eigenvalue weighted by Crippen LogP contribution is -2.45. The highest BCUT2D eigenvalue weighted by Gasteiger charge is 2.22. The number of halogens is 1. The fraction of sp³-hybridized carbons (Fsp3) is 0.647. The Balaban J connectivity index is 1.67. The van der Waals surface area contributed by atoms with Crippen LogP contribution in [0.3, 0.4) is 0 Å². The second kappa shape index (κ2) is 8.58. The van der Waals surface area contributed by atoms with Gasteiger partial charge >= 0.3 is 0 Å². The van der Waals surface area contributed by atoms with Crippen molar-refractivity contribution in [3.8, 4) is 0 Å². The molecule has 22 heavy (non-hydrogen) atoms. The maximum atomic E-state index is 13.4. The monoisotopic (exact) mass is 310 g/mol. The lowest BCUT2D eigenvalue weighted by atomic mass is 10.0. The average Bonchev–Trinajstić information content (AvgIpc) is 2.50. The topological polar surface area (TPSA) is 35.9 Å². The normalized spacial score (nSPS) is 18.8. The van der Waals surface area contributed by atoms with Crippen molar-refractivity contribution in [2.45, 2.75) is 31.6 Å². The molecule has 1 aromatic carbocycles. The molecule has 0 amide bonds. The fourth-order valence-corrected chi connectivity index (χ4v) is 2.89. The Morgan fingerprint density at radius 1 is 1.36 bits per heavy atom.